The topological polar surface area (TPSA) is 114 Å². The van der Waals surface area contributed by atoms with E-state index >= 15 is 0 Å². The van der Waals surface area contributed by atoms with Crippen LogP contribution in [0.5, 0.6) is 0 Å². The van der Waals surface area contributed by atoms with E-state index in [2.05, 4.69) is 32.3 Å². The molecule has 0 atom stereocenters. The first-order valence-corrected chi connectivity index (χ1v) is 8.27. The molecule has 3 aromatic heterocycles. The first-order chi connectivity index (χ1) is 12.9. The van der Waals surface area contributed by atoms with Crippen molar-refractivity contribution in [3.8, 4) is 23.2 Å². The number of nitrogens with one attached hydrogen (secondary N) is 1. The van der Waals surface area contributed by atoms with E-state index in [0.29, 0.717) is 30.4 Å². The highest BCUT2D eigenvalue weighted by molar-refractivity contribution is 5.91. The maximum Gasteiger partial charge on any atom is 0.287 e. The zero-order valence-electron chi connectivity index (χ0n) is 14.9. The Morgan fingerprint density at radius 1 is 1.33 bits per heavy atom. The van der Waals surface area contributed by atoms with E-state index in [0.717, 1.165) is 5.56 Å². The Labute approximate surface area is 155 Å². The highest BCUT2D eigenvalue weighted by Gasteiger charge is 2.13. The van der Waals surface area contributed by atoms with Gasteiger partial charge in [-0.2, -0.15) is 4.98 Å². The summed E-state index contributed by atoms with van der Waals surface area (Å²) in [6, 6.07) is 6.72. The molecule has 0 saturated carbocycles. The fraction of sp³-hybridized carbons (Fsp3) is 0.263. The van der Waals surface area contributed by atoms with Gasteiger partial charge in [0.2, 0.25) is 11.7 Å². The smallest absolute Gasteiger partial charge is 0.287 e. The fourth-order valence-electron chi connectivity index (χ4n) is 2.08. The minimum atomic E-state index is -1.13. The zero-order valence-corrected chi connectivity index (χ0v) is 14.9. The lowest BCUT2D eigenvalue weighted by Gasteiger charge is -2.05. The Morgan fingerprint density at radius 3 is 2.93 bits per heavy atom. The van der Waals surface area contributed by atoms with Crippen LogP contribution in [-0.2, 0) is 6.42 Å². The molecule has 8 heteroatoms. The van der Waals surface area contributed by atoms with Crippen molar-refractivity contribution in [2.75, 3.05) is 6.54 Å². The number of carbonyl (C=O) groups excluding carboxylic acids is 1. The molecule has 3 rings (SSSR count). The van der Waals surface area contributed by atoms with Gasteiger partial charge in [-0.25, -0.2) is 0 Å². The number of pyridine rings is 1. The summed E-state index contributed by atoms with van der Waals surface area (Å²) in [7, 11) is 0. The number of aliphatic hydroxyl groups is 1. The second kappa shape index (κ2) is 7.85. The predicted molar refractivity (Wildman–Crippen MR) is 95.5 cm³/mol. The van der Waals surface area contributed by atoms with Gasteiger partial charge in [-0.3, -0.25) is 9.78 Å². The number of carbonyl (C=O) groups is 1. The summed E-state index contributed by atoms with van der Waals surface area (Å²) in [5, 5.41) is 16.2. The summed E-state index contributed by atoms with van der Waals surface area (Å²) in [6.45, 7) is 3.43. The van der Waals surface area contributed by atoms with Gasteiger partial charge in [0.15, 0.2) is 11.5 Å². The lowest BCUT2D eigenvalue weighted by molar-refractivity contribution is 0.0925. The first kappa shape index (κ1) is 18.4. The third kappa shape index (κ3) is 5.26. The van der Waals surface area contributed by atoms with Crippen molar-refractivity contribution >= 4 is 5.91 Å². The van der Waals surface area contributed by atoms with Crippen molar-refractivity contribution in [1.29, 1.82) is 0 Å². The van der Waals surface area contributed by atoms with Crippen molar-refractivity contribution < 1.29 is 18.8 Å². The number of hydrogen-bond donors (Lipinski definition) is 2. The molecule has 0 spiro atoms. The molecule has 138 valence electrons. The molecule has 0 unspecified atom stereocenters. The highest BCUT2D eigenvalue weighted by Crippen LogP contribution is 2.13. The quantitative estimate of drug-likeness (QED) is 0.662. The van der Waals surface area contributed by atoms with Gasteiger partial charge in [-0.05, 0) is 44.0 Å². The van der Waals surface area contributed by atoms with Crippen LogP contribution in [0.4, 0.5) is 0 Å². The van der Waals surface area contributed by atoms with Crippen molar-refractivity contribution in [3.05, 3.63) is 54.1 Å². The van der Waals surface area contributed by atoms with E-state index in [-0.39, 0.29) is 11.7 Å². The number of hydrogen-bond acceptors (Lipinski definition) is 7. The van der Waals surface area contributed by atoms with Gasteiger partial charge < -0.3 is 19.4 Å². The SMILES string of the molecule is CC(C)(O)C#Cc1ccc(C(=O)NCCc2nc(-c3cccnc3)no2)o1. The Kier molecular flexibility index (Phi) is 5.33. The highest BCUT2D eigenvalue weighted by atomic mass is 16.5. The molecule has 8 nitrogen and oxygen atoms in total. The summed E-state index contributed by atoms with van der Waals surface area (Å²) >= 11 is 0. The van der Waals surface area contributed by atoms with Crippen molar-refractivity contribution in [3.63, 3.8) is 0 Å². The van der Waals surface area contributed by atoms with E-state index in [1.165, 1.54) is 6.07 Å². The Hall–Kier alpha value is -3.44. The molecule has 0 aliphatic heterocycles. The van der Waals surface area contributed by atoms with E-state index in [9.17, 15) is 9.90 Å². The molecule has 0 radical (unpaired) electrons. The standard InChI is InChI=1S/C19H18N4O4/c1-19(2,25)9-7-14-5-6-15(26-14)18(24)21-11-8-16-22-17(23-27-16)13-4-3-10-20-12-13/h3-6,10,12,25H,8,11H2,1-2H3,(H,21,24). The van der Waals surface area contributed by atoms with Gasteiger partial charge in [-0.15, -0.1) is 0 Å². The Bertz CT molecular complexity index is 974. The fourth-order valence-corrected chi connectivity index (χ4v) is 2.08. The normalized spacial score (nSPS) is 10.9. The molecule has 0 aromatic carbocycles. The summed E-state index contributed by atoms with van der Waals surface area (Å²) in [5.74, 6) is 6.22. The van der Waals surface area contributed by atoms with Crippen molar-refractivity contribution in [2.45, 2.75) is 25.9 Å². The van der Waals surface area contributed by atoms with Gasteiger partial charge in [-0.1, -0.05) is 11.1 Å². The van der Waals surface area contributed by atoms with Crippen LogP contribution in [0.2, 0.25) is 0 Å². The van der Waals surface area contributed by atoms with Gasteiger partial charge >= 0.3 is 0 Å². The van der Waals surface area contributed by atoms with Crippen LogP contribution < -0.4 is 5.32 Å². The number of furan rings is 1. The van der Waals surface area contributed by atoms with E-state index in [1.807, 2.05) is 6.07 Å². The Balaban J connectivity index is 1.52. The molecule has 0 aliphatic carbocycles. The maximum atomic E-state index is 12.1. The van der Waals surface area contributed by atoms with Crippen LogP contribution in [0.15, 0.2) is 45.6 Å². The van der Waals surface area contributed by atoms with Crippen LogP contribution in [0.3, 0.4) is 0 Å². The lowest BCUT2D eigenvalue weighted by atomic mass is 10.1. The molecule has 3 aromatic rings. The minimum Gasteiger partial charge on any atom is -0.443 e. The van der Waals surface area contributed by atoms with Gasteiger partial charge in [0.05, 0.1) is 0 Å². The molecule has 0 fully saturated rings. The van der Waals surface area contributed by atoms with Crippen LogP contribution in [-0.4, -0.2) is 38.3 Å². The molecule has 27 heavy (non-hydrogen) atoms. The van der Waals surface area contributed by atoms with Crippen LogP contribution in [0.1, 0.15) is 36.1 Å². The zero-order chi connectivity index (χ0) is 19.3. The second-order valence-electron chi connectivity index (χ2n) is 6.23. The van der Waals surface area contributed by atoms with Crippen LogP contribution in [0.25, 0.3) is 11.4 Å². The number of nitrogens with zero attached hydrogens (tertiary/aromatic N) is 3. The average molecular weight is 366 g/mol. The average Bonchev–Trinajstić information content (AvgIpc) is 3.30. The second-order valence-corrected chi connectivity index (χ2v) is 6.23. The van der Waals surface area contributed by atoms with E-state index in [1.54, 1.807) is 38.4 Å². The minimum absolute atomic E-state index is 0.136. The molecule has 2 N–H and O–H groups in total. The number of aromatic nitrogens is 3. The molecule has 1 amide bonds. The number of rotatable bonds is 5. The first-order valence-electron chi connectivity index (χ1n) is 8.27. The molecular formula is C19H18N4O4. The largest absolute Gasteiger partial charge is 0.443 e. The molecule has 0 bridgehead atoms. The third-order valence-corrected chi connectivity index (χ3v) is 3.33. The maximum absolute atomic E-state index is 12.1. The predicted octanol–water partition coefficient (Wildman–Crippen LogP) is 1.82. The van der Waals surface area contributed by atoms with Gasteiger partial charge in [0.25, 0.3) is 5.91 Å². The van der Waals surface area contributed by atoms with Gasteiger partial charge in [0, 0.05) is 30.9 Å². The van der Waals surface area contributed by atoms with E-state index in [4.69, 9.17) is 8.94 Å². The summed E-state index contributed by atoms with van der Waals surface area (Å²) in [6.07, 6.45) is 3.69. The summed E-state index contributed by atoms with van der Waals surface area (Å²) < 4.78 is 10.5. The Morgan fingerprint density at radius 2 is 2.19 bits per heavy atom. The summed E-state index contributed by atoms with van der Waals surface area (Å²) in [5.41, 5.74) is -0.375. The summed E-state index contributed by atoms with van der Waals surface area (Å²) in [4.78, 5) is 20.4. The monoisotopic (exact) mass is 366 g/mol. The van der Waals surface area contributed by atoms with Gasteiger partial charge in [0.1, 0.15) is 5.60 Å². The number of amides is 1. The molecule has 0 saturated heterocycles. The lowest BCUT2D eigenvalue weighted by Crippen LogP contribution is -2.25. The molecule has 0 aliphatic rings. The molecule has 3 heterocycles. The van der Waals surface area contributed by atoms with Crippen molar-refractivity contribution in [1.82, 2.24) is 20.4 Å². The van der Waals surface area contributed by atoms with Crippen LogP contribution in [0, 0.1) is 11.8 Å². The van der Waals surface area contributed by atoms with E-state index < -0.39 is 5.60 Å². The van der Waals surface area contributed by atoms with Crippen LogP contribution >= 0.6 is 0 Å². The molecular weight excluding hydrogens is 348 g/mol. The van der Waals surface area contributed by atoms with Crippen molar-refractivity contribution in [2.24, 2.45) is 0 Å². The third-order valence-electron chi connectivity index (χ3n) is 3.33.